The molecule has 0 spiro atoms. The van der Waals surface area contributed by atoms with Crippen molar-refractivity contribution in [1.82, 2.24) is 5.43 Å². The number of aliphatic imine (C=N–C) groups is 1. The zero-order chi connectivity index (χ0) is 13.8. The van der Waals surface area contributed by atoms with E-state index >= 15 is 0 Å². The minimum absolute atomic E-state index is 0.251. The highest BCUT2D eigenvalue weighted by molar-refractivity contribution is 8.14. The lowest BCUT2D eigenvalue weighted by molar-refractivity contribution is 0.627. The maximum Gasteiger partial charge on any atom is 0.182 e. The topological polar surface area (TPSA) is 36.8 Å². The fraction of sp³-hybridized carbons (Fsp3) is 0.0667. The van der Waals surface area contributed by atoms with Gasteiger partial charge < -0.3 is 0 Å². The average molecular weight is 285 g/mol. The highest BCUT2D eigenvalue weighted by atomic mass is 32.2. The summed E-state index contributed by atoms with van der Waals surface area (Å²) in [6, 6.07) is 16.1. The van der Waals surface area contributed by atoms with Gasteiger partial charge in [-0.3, -0.25) is 5.43 Å². The summed E-state index contributed by atoms with van der Waals surface area (Å²) in [7, 11) is 0. The highest BCUT2D eigenvalue weighted by Crippen LogP contribution is 2.18. The van der Waals surface area contributed by atoms with E-state index in [9.17, 15) is 4.39 Å². The molecule has 0 aromatic heterocycles. The van der Waals surface area contributed by atoms with Gasteiger partial charge in [0.25, 0.3) is 0 Å². The molecule has 1 aliphatic rings. The van der Waals surface area contributed by atoms with Gasteiger partial charge in [-0.15, -0.1) is 0 Å². The summed E-state index contributed by atoms with van der Waals surface area (Å²) in [5, 5.41) is 5.01. The van der Waals surface area contributed by atoms with Crippen LogP contribution in [0.5, 0.6) is 0 Å². The van der Waals surface area contributed by atoms with Crippen molar-refractivity contribution in [2.45, 2.75) is 0 Å². The fourth-order valence-electron chi connectivity index (χ4n) is 1.81. The van der Waals surface area contributed by atoms with E-state index in [4.69, 9.17) is 0 Å². The predicted molar refractivity (Wildman–Crippen MR) is 82.1 cm³/mol. The Morgan fingerprint density at radius 1 is 1.10 bits per heavy atom. The Kier molecular flexibility index (Phi) is 3.78. The van der Waals surface area contributed by atoms with Crippen LogP contribution in [0, 0.1) is 5.82 Å². The van der Waals surface area contributed by atoms with Crippen LogP contribution in [0.25, 0.3) is 0 Å². The van der Waals surface area contributed by atoms with Crippen LogP contribution in [0.2, 0.25) is 0 Å². The Hall–Kier alpha value is -2.14. The van der Waals surface area contributed by atoms with Gasteiger partial charge in [-0.2, -0.15) is 5.10 Å². The van der Waals surface area contributed by atoms with Crippen LogP contribution in [0.15, 0.2) is 64.7 Å². The third-order valence-electron chi connectivity index (χ3n) is 2.78. The lowest BCUT2D eigenvalue weighted by atomic mass is 10.1. The van der Waals surface area contributed by atoms with Crippen LogP contribution in [-0.4, -0.2) is 16.6 Å². The molecule has 0 saturated carbocycles. The molecule has 3 rings (SSSR count). The summed E-state index contributed by atoms with van der Waals surface area (Å²) >= 11 is 1.55. The van der Waals surface area contributed by atoms with Crippen LogP contribution < -0.4 is 5.43 Å². The van der Waals surface area contributed by atoms with Gasteiger partial charge in [0.05, 0.1) is 11.4 Å². The van der Waals surface area contributed by atoms with E-state index < -0.39 is 0 Å². The van der Waals surface area contributed by atoms with E-state index in [0.717, 1.165) is 22.1 Å². The average Bonchev–Trinajstić information content (AvgIpc) is 2.49. The largest absolute Gasteiger partial charge is 0.255 e. The number of thioether (sulfide) groups is 1. The molecule has 0 saturated heterocycles. The van der Waals surface area contributed by atoms with Crippen LogP contribution in [0.3, 0.4) is 0 Å². The standard InChI is InChI=1S/C15H12FN3S/c16-12-6-4-5-11(9-12)14-10-20-15(19-18-14)17-13-7-2-1-3-8-13/h1-9H,10H2,(H,17,19). The van der Waals surface area contributed by atoms with Gasteiger partial charge in [-0.25, -0.2) is 9.38 Å². The molecule has 0 radical (unpaired) electrons. The molecule has 0 fully saturated rings. The molecule has 1 N–H and O–H groups in total. The Bertz CT molecular complexity index is 668. The van der Waals surface area contributed by atoms with Crippen molar-refractivity contribution in [3.8, 4) is 0 Å². The smallest absolute Gasteiger partial charge is 0.182 e. The molecular weight excluding hydrogens is 273 g/mol. The second-order valence-corrected chi connectivity index (χ2v) is 5.19. The van der Waals surface area contributed by atoms with Crippen LogP contribution in [-0.2, 0) is 0 Å². The number of rotatable bonds is 2. The van der Waals surface area contributed by atoms with Crippen LogP contribution in [0.4, 0.5) is 10.1 Å². The number of halogens is 1. The van der Waals surface area contributed by atoms with Crippen molar-refractivity contribution in [3.63, 3.8) is 0 Å². The van der Waals surface area contributed by atoms with Crippen molar-refractivity contribution in [2.75, 3.05) is 5.75 Å². The SMILES string of the molecule is Fc1cccc(C2=NNC(=Nc3ccccc3)SC2)c1. The molecule has 0 bridgehead atoms. The van der Waals surface area contributed by atoms with Crippen LogP contribution in [0.1, 0.15) is 5.56 Å². The van der Waals surface area contributed by atoms with Gasteiger partial charge in [0.1, 0.15) is 5.82 Å². The van der Waals surface area contributed by atoms with Crippen molar-refractivity contribution in [2.24, 2.45) is 10.1 Å². The molecule has 5 heteroatoms. The number of benzene rings is 2. The molecule has 3 nitrogen and oxygen atoms in total. The van der Waals surface area contributed by atoms with Crippen molar-refractivity contribution < 1.29 is 4.39 Å². The molecule has 20 heavy (non-hydrogen) atoms. The highest BCUT2D eigenvalue weighted by Gasteiger charge is 2.13. The summed E-state index contributed by atoms with van der Waals surface area (Å²) < 4.78 is 13.2. The quantitative estimate of drug-likeness (QED) is 0.916. The van der Waals surface area contributed by atoms with E-state index in [1.165, 1.54) is 12.1 Å². The number of para-hydroxylation sites is 1. The maximum absolute atomic E-state index is 13.2. The Morgan fingerprint density at radius 2 is 1.95 bits per heavy atom. The van der Waals surface area contributed by atoms with Gasteiger partial charge in [0, 0.05) is 11.3 Å². The summed E-state index contributed by atoms with van der Waals surface area (Å²) in [6.07, 6.45) is 0. The van der Waals surface area contributed by atoms with Gasteiger partial charge >= 0.3 is 0 Å². The molecule has 2 aromatic rings. The third-order valence-corrected chi connectivity index (χ3v) is 3.65. The summed E-state index contributed by atoms with van der Waals surface area (Å²) in [5.41, 5.74) is 5.41. The summed E-state index contributed by atoms with van der Waals surface area (Å²) in [4.78, 5) is 4.45. The first-order valence-corrected chi connectivity index (χ1v) is 7.15. The normalized spacial score (nSPS) is 16.6. The lowest BCUT2D eigenvalue weighted by Crippen LogP contribution is -2.25. The van der Waals surface area contributed by atoms with Gasteiger partial charge in [-0.05, 0) is 24.3 Å². The number of hydrogen-bond donors (Lipinski definition) is 1. The number of hydrazone groups is 1. The molecule has 2 aromatic carbocycles. The number of hydrogen-bond acceptors (Lipinski definition) is 3. The number of nitrogens with zero attached hydrogens (tertiary/aromatic N) is 2. The zero-order valence-electron chi connectivity index (χ0n) is 10.6. The van der Waals surface area contributed by atoms with Gasteiger partial charge in [-0.1, -0.05) is 42.1 Å². The molecule has 0 unspecified atom stereocenters. The van der Waals surface area contributed by atoms with E-state index in [1.54, 1.807) is 17.8 Å². The second kappa shape index (κ2) is 5.88. The van der Waals surface area contributed by atoms with Crippen LogP contribution >= 0.6 is 11.8 Å². The number of amidine groups is 1. The lowest BCUT2D eigenvalue weighted by Gasteiger charge is -2.14. The minimum Gasteiger partial charge on any atom is -0.255 e. The molecule has 0 atom stereocenters. The molecule has 0 amide bonds. The fourth-order valence-corrected chi connectivity index (χ4v) is 2.59. The minimum atomic E-state index is -0.251. The Morgan fingerprint density at radius 3 is 2.65 bits per heavy atom. The molecule has 1 heterocycles. The molecule has 1 aliphatic heterocycles. The van der Waals surface area contributed by atoms with E-state index in [-0.39, 0.29) is 5.82 Å². The summed E-state index contributed by atoms with van der Waals surface area (Å²) in [5.74, 6) is 0.418. The van der Waals surface area contributed by atoms with Gasteiger partial charge in [0.2, 0.25) is 0 Å². The first-order valence-electron chi connectivity index (χ1n) is 6.16. The van der Waals surface area contributed by atoms with Crippen molar-refractivity contribution in [1.29, 1.82) is 0 Å². The third kappa shape index (κ3) is 3.05. The Labute approximate surface area is 120 Å². The summed E-state index contributed by atoms with van der Waals surface area (Å²) in [6.45, 7) is 0. The molecule has 0 aliphatic carbocycles. The number of nitrogens with one attached hydrogen (secondary N) is 1. The molecule has 100 valence electrons. The van der Waals surface area contributed by atoms with Gasteiger partial charge in [0.15, 0.2) is 5.17 Å². The monoisotopic (exact) mass is 285 g/mol. The van der Waals surface area contributed by atoms with E-state index in [0.29, 0.717) is 5.75 Å². The van der Waals surface area contributed by atoms with E-state index in [1.807, 2.05) is 36.4 Å². The zero-order valence-corrected chi connectivity index (χ0v) is 11.4. The van der Waals surface area contributed by atoms with Crippen molar-refractivity contribution in [3.05, 3.63) is 66.0 Å². The molecular formula is C15H12FN3S. The first kappa shape index (κ1) is 12.9. The maximum atomic E-state index is 13.2. The predicted octanol–water partition coefficient (Wildman–Crippen LogP) is 3.55. The van der Waals surface area contributed by atoms with Crippen molar-refractivity contribution >= 4 is 28.3 Å². The second-order valence-electron chi connectivity index (χ2n) is 4.22. The van der Waals surface area contributed by atoms with E-state index in [2.05, 4.69) is 15.5 Å². The first-order chi connectivity index (χ1) is 9.81. The Balaban J connectivity index is 1.77.